The second kappa shape index (κ2) is 7.61. The molecule has 0 radical (unpaired) electrons. The van der Waals surface area contributed by atoms with Crippen LogP contribution in [-0.4, -0.2) is 0 Å². The Balaban J connectivity index is 2.55. The van der Waals surface area contributed by atoms with Crippen molar-refractivity contribution in [3.05, 3.63) is 82.6 Å². The van der Waals surface area contributed by atoms with Crippen molar-refractivity contribution in [2.75, 3.05) is 0 Å². The molecule has 0 saturated heterocycles. The lowest BCUT2D eigenvalue weighted by Crippen LogP contribution is -2.50. The van der Waals surface area contributed by atoms with E-state index in [9.17, 15) is 35.1 Å². The molecule has 0 fully saturated rings. The normalized spacial score (nSPS) is 20.9. The second-order valence-corrected chi connectivity index (χ2v) is 7.04. The monoisotopic (exact) mass is 410 g/mol. The van der Waals surface area contributed by atoms with Gasteiger partial charge < -0.3 is 5.73 Å². The Kier molecular flexibility index (Phi) is 5.16. The van der Waals surface area contributed by atoms with Gasteiger partial charge in [-0.3, -0.25) is 0 Å². The average Bonchev–Trinajstić information content (AvgIpc) is 2.78. The first-order valence-electron chi connectivity index (χ1n) is 8.91. The molecule has 8 heteroatoms. The minimum absolute atomic E-state index is 0.00698. The van der Waals surface area contributed by atoms with Crippen molar-refractivity contribution in [2.24, 2.45) is 16.6 Å². The van der Waals surface area contributed by atoms with E-state index in [2.05, 4.69) is 0 Å². The van der Waals surface area contributed by atoms with Crippen molar-refractivity contribution in [1.29, 1.82) is 26.3 Å². The van der Waals surface area contributed by atoms with Crippen LogP contribution >= 0.6 is 0 Å². The lowest BCUT2D eigenvalue weighted by molar-refractivity contribution is 0.255. The number of hydrogen-bond donors (Lipinski definition) is 1. The highest BCUT2D eigenvalue weighted by atomic mass is 19.1. The van der Waals surface area contributed by atoms with Crippen molar-refractivity contribution in [3.63, 3.8) is 0 Å². The van der Waals surface area contributed by atoms with Gasteiger partial charge >= 0.3 is 0 Å². The minimum atomic E-state index is -2.31. The number of rotatable bonds is 2. The molecule has 31 heavy (non-hydrogen) atoms. The Hall–Kier alpha value is -4.71. The van der Waals surface area contributed by atoms with Crippen molar-refractivity contribution >= 4 is 0 Å². The number of benzene rings is 2. The SMILES string of the molecule is N#CC1=C(N)C(C#N)(C#N)C(c2cccc(F)c2)C(C#N)(C#N)C1c1cccc(F)c1. The Morgan fingerprint density at radius 3 is 1.74 bits per heavy atom. The van der Waals surface area contributed by atoms with Crippen molar-refractivity contribution in [1.82, 2.24) is 0 Å². The lowest BCUT2D eigenvalue weighted by atomic mass is 9.49. The first kappa shape index (κ1) is 21.0. The Labute approximate surface area is 176 Å². The van der Waals surface area contributed by atoms with Gasteiger partial charge in [-0.15, -0.1) is 0 Å². The maximum atomic E-state index is 14.1. The number of nitrogens with two attached hydrogens (primary N) is 1. The zero-order valence-corrected chi connectivity index (χ0v) is 15.8. The summed E-state index contributed by atoms with van der Waals surface area (Å²) in [4.78, 5) is 0. The Morgan fingerprint density at radius 1 is 0.774 bits per heavy atom. The third-order valence-corrected chi connectivity index (χ3v) is 5.55. The summed E-state index contributed by atoms with van der Waals surface area (Å²) in [5.74, 6) is -4.33. The largest absolute Gasteiger partial charge is 0.399 e. The molecule has 2 atom stereocenters. The quantitative estimate of drug-likeness (QED) is 0.800. The number of allylic oxidation sites excluding steroid dienone is 2. The molecule has 2 unspecified atom stereocenters. The first-order chi connectivity index (χ1) is 14.8. The van der Waals surface area contributed by atoms with E-state index in [1.807, 2.05) is 12.1 Å². The van der Waals surface area contributed by atoms with E-state index in [0.29, 0.717) is 0 Å². The highest BCUT2D eigenvalue weighted by Crippen LogP contribution is 2.62. The van der Waals surface area contributed by atoms with Crippen LogP contribution in [0.3, 0.4) is 0 Å². The van der Waals surface area contributed by atoms with Crippen LogP contribution in [0.1, 0.15) is 23.0 Å². The summed E-state index contributed by atoms with van der Waals surface area (Å²) in [5, 5.41) is 50.2. The van der Waals surface area contributed by atoms with Crippen LogP contribution in [0.25, 0.3) is 0 Å². The number of nitriles is 5. The highest BCUT2D eigenvalue weighted by molar-refractivity contribution is 5.59. The summed E-state index contributed by atoms with van der Waals surface area (Å²) < 4.78 is 28.1. The van der Waals surface area contributed by atoms with Crippen LogP contribution in [0.15, 0.2) is 59.8 Å². The third-order valence-electron chi connectivity index (χ3n) is 5.55. The summed E-state index contributed by atoms with van der Waals surface area (Å²) >= 11 is 0. The van der Waals surface area contributed by atoms with Crippen molar-refractivity contribution < 1.29 is 8.78 Å². The lowest BCUT2D eigenvalue weighted by Gasteiger charge is -2.46. The Morgan fingerprint density at radius 2 is 1.29 bits per heavy atom. The summed E-state index contributed by atoms with van der Waals surface area (Å²) in [6, 6.07) is 18.8. The van der Waals surface area contributed by atoms with E-state index < -0.39 is 40.0 Å². The van der Waals surface area contributed by atoms with Crippen LogP contribution in [0.5, 0.6) is 0 Å². The molecule has 0 heterocycles. The van der Waals surface area contributed by atoms with Crippen LogP contribution in [0.4, 0.5) is 8.78 Å². The van der Waals surface area contributed by atoms with Gasteiger partial charge in [0.1, 0.15) is 11.6 Å². The van der Waals surface area contributed by atoms with Crippen LogP contribution in [0.2, 0.25) is 0 Å². The Bertz CT molecular complexity index is 1280. The summed E-state index contributed by atoms with van der Waals surface area (Å²) in [6.45, 7) is 0. The van der Waals surface area contributed by atoms with Crippen molar-refractivity contribution in [2.45, 2.75) is 11.8 Å². The van der Waals surface area contributed by atoms with Gasteiger partial charge in [0.25, 0.3) is 0 Å². The number of nitrogens with zero attached hydrogens (tertiary/aromatic N) is 5. The topological polar surface area (TPSA) is 145 Å². The molecule has 3 rings (SSSR count). The maximum Gasteiger partial charge on any atom is 0.192 e. The molecule has 2 aromatic rings. The van der Waals surface area contributed by atoms with Gasteiger partial charge in [0.05, 0.1) is 53.5 Å². The molecule has 6 nitrogen and oxygen atoms in total. The zero-order valence-electron chi connectivity index (χ0n) is 15.8. The maximum absolute atomic E-state index is 14.1. The molecule has 1 aliphatic carbocycles. The molecule has 0 saturated carbocycles. The predicted molar refractivity (Wildman–Crippen MR) is 102 cm³/mol. The van der Waals surface area contributed by atoms with Gasteiger partial charge in [-0.1, -0.05) is 24.3 Å². The second-order valence-electron chi connectivity index (χ2n) is 7.04. The predicted octanol–water partition coefficient (Wildman–Crippen LogP) is 3.65. The molecule has 148 valence electrons. The third kappa shape index (κ3) is 2.86. The average molecular weight is 410 g/mol. The molecular formula is C23H12F2N6. The van der Waals surface area contributed by atoms with Crippen LogP contribution < -0.4 is 5.73 Å². The van der Waals surface area contributed by atoms with E-state index in [1.54, 1.807) is 18.2 Å². The van der Waals surface area contributed by atoms with Crippen LogP contribution in [0, 0.1) is 79.1 Å². The van der Waals surface area contributed by atoms with E-state index in [-0.39, 0.29) is 16.7 Å². The van der Waals surface area contributed by atoms with Gasteiger partial charge in [0, 0.05) is 0 Å². The van der Waals surface area contributed by atoms with Gasteiger partial charge in [0.15, 0.2) is 10.8 Å². The molecular weight excluding hydrogens is 398 g/mol. The summed E-state index contributed by atoms with van der Waals surface area (Å²) in [7, 11) is 0. The standard InChI is InChI=1S/C23H12F2N6/c24-16-5-1-3-14(7-16)19-18(9-26)21(31)23(12-29,13-30)20(22(19,10-27)11-28)15-4-2-6-17(25)8-15/h1-8,19-20H,31H2. The van der Waals surface area contributed by atoms with Crippen molar-refractivity contribution in [3.8, 4) is 30.3 Å². The molecule has 0 aromatic heterocycles. The fraction of sp³-hybridized carbons (Fsp3) is 0.174. The van der Waals surface area contributed by atoms with Gasteiger partial charge in [-0.2, -0.15) is 26.3 Å². The molecule has 2 aromatic carbocycles. The summed E-state index contributed by atoms with van der Waals surface area (Å²) in [6.07, 6.45) is 0. The molecule has 2 N–H and O–H groups in total. The molecule has 0 aliphatic heterocycles. The fourth-order valence-corrected chi connectivity index (χ4v) is 4.26. The van der Waals surface area contributed by atoms with E-state index >= 15 is 0 Å². The molecule has 0 bridgehead atoms. The van der Waals surface area contributed by atoms with Gasteiger partial charge in [-0.05, 0) is 35.4 Å². The van der Waals surface area contributed by atoms with E-state index in [0.717, 1.165) is 24.3 Å². The van der Waals surface area contributed by atoms with Gasteiger partial charge in [0.2, 0.25) is 0 Å². The van der Waals surface area contributed by atoms with E-state index in [4.69, 9.17) is 5.73 Å². The van der Waals surface area contributed by atoms with Crippen LogP contribution in [-0.2, 0) is 0 Å². The minimum Gasteiger partial charge on any atom is -0.399 e. The highest BCUT2D eigenvalue weighted by Gasteiger charge is 2.64. The summed E-state index contributed by atoms with van der Waals surface area (Å²) in [5.41, 5.74) is 0.884. The van der Waals surface area contributed by atoms with Gasteiger partial charge in [-0.25, -0.2) is 8.78 Å². The number of hydrogen-bond acceptors (Lipinski definition) is 6. The fourth-order valence-electron chi connectivity index (χ4n) is 4.26. The molecule has 0 amide bonds. The number of halogens is 2. The smallest absolute Gasteiger partial charge is 0.192 e. The zero-order chi connectivity index (χ0) is 22.8. The first-order valence-corrected chi connectivity index (χ1v) is 8.91. The molecule has 0 spiro atoms. The van der Waals surface area contributed by atoms with E-state index in [1.165, 1.54) is 24.3 Å². The molecule has 1 aliphatic rings.